The van der Waals surface area contributed by atoms with Gasteiger partial charge in [-0.1, -0.05) is 5.21 Å². The van der Waals surface area contributed by atoms with Crippen molar-refractivity contribution in [3.63, 3.8) is 0 Å². The Morgan fingerprint density at radius 3 is 2.48 bits per heavy atom. The molecule has 0 bridgehead atoms. The van der Waals surface area contributed by atoms with Crippen LogP contribution in [-0.2, 0) is 10.0 Å². The lowest BCUT2D eigenvalue weighted by Gasteiger charge is -2.17. The highest BCUT2D eigenvalue weighted by molar-refractivity contribution is 7.89. The van der Waals surface area contributed by atoms with E-state index in [4.69, 9.17) is 0 Å². The summed E-state index contributed by atoms with van der Waals surface area (Å²) in [4.78, 5) is 14.7. The minimum Gasteiger partial charge on any atom is -0.336 e. The van der Waals surface area contributed by atoms with Crippen molar-refractivity contribution in [3.8, 4) is 0 Å². The fraction of sp³-hybridized carbons (Fsp3) is 0.500. The number of nitrogens with zero attached hydrogens (tertiary/aromatic N) is 5. The summed E-state index contributed by atoms with van der Waals surface area (Å²) in [6, 6.07) is 6.26. The molecule has 9 heteroatoms. The molecule has 2 fully saturated rings. The summed E-state index contributed by atoms with van der Waals surface area (Å²) < 4.78 is 27.3. The number of sulfonamides is 1. The van der Waals surface area contributed by atoms with E-state index in [2.05, 4.69) is 10.3 Å². The topological polar surface area (TPSA) is 88.4 Å². The number of hydrogen-bond acceptors (Lipinski definition) is 5. The lowest BCUT2D eigenvalue weighted by Crippen LogP contribution is -2.29. The quantitative estimate of drug-likeness (QED) is 0.773. The van der Waals surface area contributed by atoms with E-state index >= 15 is 0 Å². The van der Waals surface area contributed by atoms with E-state index in [0.29, 0.717) is 24.6 Å². The van der Waals surface area contributed by atoms with Crippen LogP contribution in [0.25, 0.3) is 0 Å². The molecule has 144 valence electrons. The number of benzene rings is 1. The van der Waals surface area contributed by atoms with Crippen LogP contribution in [0, 0.1) is 0 Å². The third-order valence-electron chi connectivity index (χ3n) is 5.23. The van der Waals surface area contributed by atoms with Crippen LogP contribution in [0.1, 0.15) is 47.3 Å². The largest absolute Gasteiger partial charge is 0.336 e. The molecule has 27 heavy (non-hydrogen) atoms. The Labute approximate surface area is 158 Å². The Balaban J connectivity index is 1.44. The second kappa shape index (κ2) is 6.72. The minimum atomic E-state index is -3.49. The molecule has 1 atom stereocenters. The highest BCUT2D eigenvalue weighted by Gasteiger charge is 2.31. The predicted octanol–water partition coefficient (Wildman–Crippen LogP) is 1.49. The summed E-state index contributed by atoms with van der Waals surface area (Å²) in [5.41, 5.74) is 1.54. The number of carbonyl (C=O) groups is 1. The van der Waals surface area contributed by atoms with Gasteiger partial charge in [-0.25, -0.2) is 17.4 Å². The van der Waals surface area contributed by atoms with E-state index in [1.54, 1.807) is 17.0 Å². The van der Waals surface area contributed by atoms with Gasteiger partial charge in [0.05, 0.1) is 16.6 Å². The third kappa shape index (κ3) is 3.49. The molecule has 1 aliphatic heterocycles. The fourth-order valence-corrected chi connectivity index (χ4v) is 4.24. The molecule has 1 aromatic heterocycles. The van der Waals surface area contributed by atoms with Crippen LogP contribution >= 0.6 is 0 Å². The summed E-state index contributed by atoms with van der Waals surface area (Å²) in [6.45, 7) is 1.24. The van der Waals surface area contributed by atoms with E-state index in [0.717, 1.165) is 16.4 Å². The highest BCUT2D eigenvalue weighted by atomic mass is 32.2. The van der Waals surface area contributed by atoms with Crippen molar-refractivity contribution in [2.24, 2.45) is 0 Å². The van der Waals surface area contributed by atoms with Gasteiger partial charge >= 0.3 is 0 Å². The zero-order valence-electron chi connectivity index (χ0n) is 15.4. The van der Waals surface area contributed by atoms with E-state index in [-0.39, 0.29) is 16.8 Å². The zero-order valence-corrected chi connectivity index (χ0v) is 16.3. The molecule has 2 heterocycles. The fourth-order valence-electron chi connectivity index (χ4n) is 3.34. The van der Waals surface area contributed by atoms with E-state index < -0.39 is 10.0 Å². The van der Waals surface area contributed by atoms with Gasteiger partial charge in [-0.3, -0.25) is 4.79 Å². The number of carbonyl (C=O) groups excluding carboxylic acids is 1. The summed E-state index contributed by atoms with van der Waals surface area (Å²) in [5.74, 6) is 0.476. The summed E-state index contributed by atoms with van der Waals surface area (Å²) >= 11 is 0. The maximum Gasteiger partial charge on any atom is 0.253 e. The molecule has 0 radical (unpaired) electrons. The first-order valence-corrected chi connectivity index (χ1v) is 10.5. The molecule has 1 amide bonds. The molecule has 2 aliphatic rings. The lowest BCUT2D eigenvalue weighted by atomic mass is 10.2. The van der Waals surface area contributed by atoms with Crippen molar-refractivity contribution >= 4 is 15.9 Å². The molecule has 0 N–H and O–H groups in total. The van der Waals surface area contributed by atoms with Crippen LogP contribution in [0.2, 0.25) is 0 Å². The molecule has 1 unspecified atom stereocenters. The standard InChI is InChI=1S/C18H23N5O3S/c1-21(2)27(25,26)16-7-5-14(6-8-16)18(24)22-10-9-15(11-22)23-12-17(19-20-23)13-3-4-13/h5-8,12-13,15H,3-4,9-11H2,1-2H3. The maximum absolute atomic E-state index is 12.8. The van der Waals surface area contributed by atoms with Gasteiger partial charge in [-0.05, 0) is 43.5 Å². The first-order valence-electron chi connectivity index (χ1n) is 9.10. The van der Waals surface area contributed by atoms with Crippen molar-refractivity contribution in [1.82, 2.24) is 24.2 Å². The van der Waals surface area contributed by atoms with Crippen molar-refractivity contribution in [3.05, 3.63) is 41.7 Å². The molecule has 1 saturated carbocycles. The third-order valence-corrected chi connectivity index (χ3v) is 7.06. The molecule has 2 aromatic rings. The number of rotatable bonds is 5. The van der Waals surface area contributed by atoms with Gasteiger partial charge < -0.3 is 4.90 Å². The molecule has 1 aromatic carbocycles. The van der Waals surface area contributed by atoms with Crippen molar-refractivity contribution in [2.75, 3.05) is 27.2 Å². The molecule has 1 aliphatic carbocycles. The lowest BCUT2D eigenvalue weighted by molar-refractivity contribution is 0.0787. The molecule has 8 nitrogen and oxygen atoms in total. The maximum atomic E-state index is 12.8. The second-order valence-corrected chi connectivity index (χ2v) is 9.55. The van der Waals surface area contributed by atoms with Crippen molar-refractivity contribution < 1.29 is 13.2 Å². The monoisotopic (exact) mass is 389 g/mol. The molecule has 0 spiro atoms. The van der Waals surface area contributed by atoms with Crippen molar-refractivity contribution in [1.29, 1.82) is 0 Å². The number of amides is 1. The Morgan fingerprint density at radius 2 is 1.85 bits per heavy atom. The summed E-state index contributed by atoms with van der Waals surface area (Å²) in [6.07, 6.45) is 5.23. The van der Waals surface area contributed by atoms with Gasteiger partial charge in [0.1, 0.15) is 0 Å². The molecule has 1 saturated heterocycles. The van der Waals surface area contributed by atoms with Crippen LogP contribution < -0.4 is 0 Å². The van der Waals surface area contributed by atoms with Gasteiger partial charge in [0.25, 0.3) is 5.91 Å². The Kier molecular flexibility index (Phi) is 4.51. The van der Waals surface area contributed by atoms with E-state index in [9.17, 15) is 13.2 Å². The summed E-state index contributed by atoms with van der Waals surface area (Å²) in [7, 11) is -0.526. The van der Waals surface area contributed by atoms with Crippen LogP contribution in [-0.4, -0.2) is 65.7 Å². The highest BCUT2D eigenvalue weighted by Crippen LogP contribution is 2.39. The van der Waals surface area contributed by atoms with Gasteiger partial charge in [0.15, 0.2) is 0 Å². The molecular weight excluding hydrogens is 366 g/mol. The van der Waals surface area contributed by atoms with Crippen LogP contribution in [0.15, 0.2) is 35.4 Å². The predicted molar refractivity (Wildman–Crippen MR) is 98.9 cm³/mol. The number of hydrogen-bond donors (Lipinski definition) is 0. The average Bonchev–Trinajstić information content (AvgIpc) is 3.19. The van der Waals surface area contributed by atoms with E-state index in [1.165, 1.54) is 39.1 Å². The van der Waals surface area contributed by atoms with Crippen molar-refractivity contribution in [2.45, 2.75) is 36.1 Å². The van der Waals surface area contributed by atoms with E-state index in [1.807, 2.05) is 10.9 Å². The zero-order chi connectivity index (χ0) is 19.2. The molecule has 4 rings (SSSR count). The van der Waals surface area contributed by atoms with Gasteiger partial charge in [0, 0.05) is 44.9 Å². The number of aromatic nitrogens is 3. The first-order chi connectivity index (χ1) is 12.9. The average molecular weight is 389 g/mol. The Bertz CT molecular complexity index is 948. The molecular formula is C18H23N5O3S. The SMILES string of the molecule is CN(C)S(=O)(=O)c1ccc(C(=O)N2CCC(n3cc(C4CC4)nn3)C2)cc1. The van der Waals surface area contributed by atoms with Gasteiger partial charge in [-0.2, -0.15) is 0 Å². The normalized spacial score (nSPS) is 20.4. The Hall–Kier alpha value is -2.26. The van der Waals surface area contributed by atoms with Gasteiger partial charge in [-0.15, -0.1) is 5.10 Å². The first kappa shape index (κ1) is 18.1. The second-order valence-electron chi connectivity index (χ2n) is 7.40. The smallest absolute Gasteiger partial charge is 0.253 e. The number of likely N-dealkylation sites (tertiary alicyclic amines) is 1. The van der Waals surface area contributed by atoms with Crippen LogP contribution in [0.3, 0.4) is 0 Å². The van der Waals surface area contributed by atoms with Crippen LogP contribution in [0.5, 0.6) is 0 Å². The summed E-state index contributed by atoms with van der Waals surface area (Å²) in [5, 5.41) is 8.48. The van der Waals surface area contributed by atoms with Gasteiger partial charge in [0.2, 0.25) is 10.0 Å². The minimum absolute atomic E-state index is 0.0890. The van der Waals surface area contributed by atoms with Crippen LogP contribution in [0.4, 0.5) is 0 Å². The Morgan fingerprint density at radius 1 is 1.15 bits per heavy atom.